The highest BCUT2D eigenvalue weighted by Gasteiger charge is 2.21. The molecule has 7 nitrogen and oxygen atoms in total. The van der Waals surface area contributed by atoms with Gasteiger partial charge in [-0.2, -0.15) is 0 Å². The van der Waals surface area contributed by atoms with Gasteiger partial charge in [0.15, 0.2) is 5.03 Å². The summed E-state index contributed by atoms with van der Waals surface area (Å²) in [5.41, 5.74) is 0. The van der Waals surface area contributed by atoms with Gasteiger partial charge in [0.2, 0.25) is 10.0 Å². The number of aromatic nitrogens is 1. The molecule has 0 amide bonds. The summed E-state index contributed by atoms with van der Waals surface area (Å²) in [6.07, 6.45) is 0. The van der Waals surface area contributed by atoms with Crippen molar-refractivity contribution in [2.75, 3.05) is 16.6 Å². The molecular weight excluding hydrogens is 278 g/mol. The van der Waals surface area contributed by atoms with Crippen LogP contribution in [0.25, 0.3) is 0 Å². The molecule has 1 rings (SSSR count). The summed E-state index contributed by atoms with van der Waals surface area (Å²) in [7, 11) is -7.44. The molecule has 102 valence electrons. The number of rotatable bonds is 5. The number of nitrogens with zero attached hydrogens (tertiary/aromatic N) is 2. The van der Waals surface area contributed by atoms with E-state index in [9.17, 15) is 16.8 Å². The Balaban J connectivity index is 3.33. The Bertz CT molecular complexity index is 625. The number of anilines is 1. The van der Waals surface area contributed by atoms with Crippen molar-refractivity contribution in [1.29, 1.82) is 0 Å². The number of sulfonamides is 2. The van der Waals surface area contributed by atoms with Crippen molar-refractivity contribution in [2.24, 2.45) is 5.14 Å². The lowest BCUT2D eigenvalue weighted by molar-refractivity contribution is 0.588. The molecule has 0 saturated heterocycles. The molecule has 9 heteroatoms. The average Bonchev–Trinajstić information content (AvgIpc) is 2.29. The first kappa shape index (κ1) is 14.9. The van der Waals surface area contributed by atoms with Crippen LogP contribution in [0.4, 0.5) is 5.82 Å². The molecule has 0 aliphatic carbocycles. The van der Waals surface area contributed by atoms with Crippen LogP contribution in [-0.4, -0.2) is 34.1 Å². The van der Waals surface area contributed by atoms with Crippen LogP contribution in [0.1, 0.15) is 13.8 Å². The molecule has 0 aliphatic heterocycles. The lowest BCUT2D eigenvalue weighted by Crippen LogP contribution is -2.33. The van der Waals surface area contributed by atoms with Gasteiger partial charge in [-0.1, -0.05) is 6.07 Å². The van der Waals surface area contributed by atoms with Crippen molar-refractivity contribution in [1.82, 2.24) is 4.98 Å². The molecule has 0 aliphatic rings. The van der Waals surface area contributed by atoms with Gasteiger partial charge in [0.25, 0.3) is 10.0 Å². The summed E-state index contributed by atoms with van der Waals surface area (Å²) in [4.78, 5) is 3.76. The number of nitrogens with two attached hydrogens (primary N) is 1. The maximum atomic E-state index is 11.8. The van der Waals surface area contributed by atoms with E-state index >= 15 is 0 Å². The third-order valence-corrected chi connectivity index (χ3v) is 4.90. The van der Waals surface area contributed by atoms with Gasteiger partial charge in [0.1, 0.15) is 5.82 Å². The lowest BCUT2D eigenvalue weighted by Gasteiger charge is -2.21. The first-order valence-electron chi connectivity index (χ1n) is 5.22. The second kappa shape index (κ2) is 5.21. The van der Waals surface area contributed by atoms with Crippen LogP contribution >= 0.6 is 0 Å². The van der Waals surface area contributed by atoms with Crippen molar-refractivity contribution in [3.05, 3.63) is 18.2 Å². The summed E-state index contributed by atoms with van der Waals surface area (Å²) in [6, 6.07) is 4.03. The summed E-state index contributed by atoms with van der Waals surface area (Å²) >= 11 is 0. The molecule has 0 fully saturated rings. The molecule has 2 N–H and O–H groups in total. The molecule has 1 aromatic heterocycles. The molecule has 0 unspecified atom stereocenters. The van der Waals surface area contributed by atoms with Crippen molar-refractivity contribution in [3.63, 3.8) is 0 Å². The van der Waals surface area contributed by atoms with Crippen molar-refractivity contribution in [2.45, 2.75) is 18.9 Å². The van der Waals surface area contributed by atoms with Crippen LogP contribution in [0, 0.1) is 0 Å². The van der Waals surface area contributed by atoms with Crippen LogP contribution in [0.2, 0.25) is 0 Å². The molecule has 18 heavy (non-hydrogen) atoms. The molecular formula is C9H15N3O4S2. The average molecular weight is 293 g/mol. The molecule has 0 atom stereocenters. The monoisotopic (exact) mass is 293 g/mol. The number of pyridine rings is 1. The smallest absolute Gasteiger partial charge is 0.254 e. The van der Waals surface area contributed by atoms with Crippen LogP contribution in [0.3, 0.4) is 0 Å². The highest BCUT2D eigenvalue weighted by atomic mass is 32.2. The van der Waals surface area contributed by atoms with E-state index in [2.05, 4.69) is 4.98 Å². The summed E-state index contributed by atoms with van der Waals surface area (Å²) in [6.45, 7) is 3.30. The van der Waals surface area contributed by atoms with Crippen LogP contribution in [0.15, 0.2) is 23.2 Å². The normalized spacial score (nSPS) is 12.4. The van der Waals surface area contributed by atoms with E-state index in [-0.39, 0.29) is 23.1 Å². The van der Waals surface area contributed by atoms with E-state index in [0.29, 0.717) is 0 Å². The fraction of sp³-hybridized carbons (Fsp3) is 0.444. The highest BCUT2D eigenvalue weighted by Crippen LogP contribution is 2.17. The van der Waals surface area contributed by atoms with Crippen molar-refractivity contribution in [3.8, 4) is 0 Å². The first-order valence-corrected chi connectivity index (χ1v) is 8.38. The van der Waals surface area contributed by atoms with Crippen LogP contribution in [-0.2, 0) is 20.0 Å². The zero-order valence-corrected chi connectivity index (χ0v) is 11.7. The summed E-state index contributed by atoms with van der Waals surface area (Å²) in [5.74, 6) is -0.0480. The van der Waals surface area contributed by atoms with Gasteiger partial charge in [0.05, 0.1) is 5.75 Å². The van der Waals surface area contributed by atoms with Gasteiger partial charge < -0.3 is 0 Å². The predicted octanol–water partition coefficient (Wildman–Crippen LogP) is -0.0950. The minimum absolute atomic E-state index is 0.0471. The molecule has 0 aromatic carbocycles. The van der Waals surface area contributed by atoms with Gasteiger partial charge in [-0.25, -0.2) is 27.0 Å². The third-order valence-electron chi connectivity index (χ3n) is 2.24. The minimum atomic E-state index is -3.95. The molecule has 1 aromatic rings. The highest BCUT2D eigenvalue weighted by molar-refractivity contribution is 7.92. The van der Waals surface area contributed by atoms with Crippen LogP contribution < -0.4 is 9.44 Å². The second-order valence-electron chi connectivity index (χ2n) is 3.44. The largest absolute Gasteiger partial charge is 0.255 e. The maximum absolute atomic E-state index is 11.8. The van der Waals surface area contributed by atoms with E-state index in [1.54, 1.807) is 6.92 Å². The Morgan fingerprint density at radius 1 is 1.22 bits per heavy atom. The van der Waals surface area contributed by atoms with Gasteiger partial charge >= 0.3 is 0 Å². The van der Waals surface area contributed by atoms with Gasteiger partial charge in [-0.05, 0) is 26.0 Å². The number of hydrogen-bond acceptors (Lipinski definition) is 5. The van der Waals surface area contributed by atoms with Gasteiger partial charge in [-0.3, -0.25) is 4.31 Å². The van der Waals surface area contributed by atoms with Gasteiger partial charge in [0, 0.05) is 6.54 Å². The Labute approximate surface area is 107 Å². The molecule has 0 radical (unpaired) electrons. The molecule has 0 bridgehead atoms. The van der Waals surface area contributed by atoms with E-state index in [0.717, 1.165) is 4.31 Å². The van der Waals surface area contributed by atoms with E-state index in [4.69, 9.17) is 5.14 Å². The molecule has 1 heterocycles. The zero-order valence-electron chi connectivity index (χ0n) is 10.1. The molecule has 0 spiro atoms. The lowest BCUT2D eigenvalue weighted by atomic mass is 10.4. The quantitative estimate of drug-likeness (QED) is 0.815. The van der Waals surface area contributed by atoms with Gasteiger partial charge in [-0.15, -0.1) is 0 Å². The minimum Gasteiger partial charge on any atom is -0.254 e. The number of hydrogen-bond donors (Lipinski definition) is 1. The van der Waals surface area contributed by atoms with E-state index in [1.165, 1.54) is 25.1 Å². The fourth-order valence-corrected chi connectivity index (χ4v) is 2.94. The SMILES string of the molecule is CCN(c1cccc(S(N)(=O)=O)n1)S(=O)(=O)CC. The Morgan fingerprint density at radius 3 is 2.28 bits per heavy atom. The van der Waals surface area contributed by atoms with Crippen molar-refractivity contribution >= 4 is 25.9 Å². The number of primary sulfonamides is 1. The van der Waals surface area contributed by atoms with Crippen molar-refractivity contribution < 1.29 is 16.8 Å². The zero-order chi connectivity index (χ0) is 14.0. The van der Waals surface area contributed by atoms with Crippen LogP contribution in [0.5, 0.6) is 0 Å². The predicted molar refractivity (Wildman–Crippen MR) is 68.1 cm³/mol. The second-order valence-corrected chi connectivity index (χ2v) is 7.13. The standard InChI is InChI=1S/C9H15N3O4S2/c1-3-12(17(13,14)4-2)8-6-5-7-9(11-8)18(10,15)16/h5-7H,3-4H2,1-2H3,(H2,10,15,16). The summed E-state index contributed by atoms with van der Waals surface area (Å²) < 4.78 is 47.0. The Hall–Kier alpha value is -1.19. The summed E-state index contributed by atoms with van der Waals surface area (Å²) in [5, 5.41) is 4.59. The van der Waals surface area contributed by atoms with E-state index < -0.39 is 20.0 Å². The first-order chi connectivity index (χ1) is 8.22. The topological polar surface area (TPSA) is 110 Å². The van der Waals surface area contributed by atoms with E-state index in [1.807, 2.05) is 0 Å². The fourth-order valence-electron chi connectivity index (χ4n) is 1.36. The Kier molecular flexibility index (Phi) is 4.30. The maximum Gasteiger partial charge on any atom is 0.255 e. The third kappa shape index (κ3) is 3.18. The Morgan fingerprint density at radius 2 is 1.83 bits per heavy atom. The molecule has 0 saturated carbocycles.